The van der Waals surface area contributed by atoms with E-state index in [1.165, 1.54) is 13.0 Å². The van der Waals surface area contributed by atoms with Crippen molar-refractivity contribution in [3.05, 3.63) is 29.1 Å². The van der Waals surface area contributed by atoms with Gasteiger partial charge in [-0.1, -0.05) is 0 Å². The predicted octanol–water partition coefficient (Wildman–Crippen LogP) is 1.48. The standard InChI is InChI=1S/C9H7FN2O/c1-5(13)9-6(4-11)8(12)3-2-7(9)10/h2-3H,12H2,1H3. The van der Waals surface area contributed by atoms with Gasteiger partial charge in [0.15, 0.2) is 5.78 Å². The molecule has 66 valence electrons. The molecule has 4 heteroatoms. The maximum Gasteiger partial charge on any atom is 0.164 e. The number of rotatable bonds is 1. The molecule has 0 atom stereocenters. The van der Waals surface area contributed by atoms with Gasteiger partial charge in [0.1, 0.15) is 11.9 Å². The Kier molecular flexibility index (Phi) is 2.29. The van der Waals surface area contributed by atoms with E-state index in [4.69, 9.17) is 11.0 Å². The summed E-state index contributed by atoms with van der Waals surface area (Å²) in [7, 11) is 0. The van der Waals surface area contributed by atoms with E-state index in [2.05, 4.69) is 0 Å². The number of nitrogens with zero attached hydrogens (tertiary/aromatic N) is 1. The maximum absolute atomic E-state index is 13.0. The van der Waals surface area contributed by atoms with Crippen LogP contribution in [-0.2, 0) is 0 Å². The Morgan fingerprint density at radius 3 is 2.62 bits per heavy atom. The number of benzene rings is 1. The van der Waals surface area contributed by atoms with E-state index < -0.39 is 11.6 Å². The van der Waals surface area contributed by atoms with Crippen LogP contribution in [0.4, 0.5) is 10.1 Å². The number of nitrogens with two attached hydrogens (primary N) is 1. The van der Waals surface area contributed by atoms with E-state index in [1.807, 2.05) is 0 Å². The summed E-state index contributed by atoms with van der Waals surface area (Å²) in [5, 5.41) is 8.62. The third-order valence-electron chi connectivity index (χ3n) is 1.65. The molecule has 0 saturated carbocycles. The molecule has 0 amide bonds. The minimum atomic E-state index is -0.710. The van der Waals surface area contributed by atoms with Crippen molar-refractivity contribution in [3.63, 3.8) is 0 Å². The van der Waals surface area contributed by atoms with Crippen molar-refractivity contribution in [1.29, 1.82) is 5.26 Å². The van der Waals surface area contributed by atoms with Gasteiger partial charge in [0.2, 0.25) is 0 Å². The smallest absolute Gasteiger partial charge is 0.164 e. The monoisotopic (exact) mass is 178 g/mol. The molecule has 1 aromatic carbocycles. The summed E-state index contributed by atoms with van der Waals surface area (Å²) in [5.74, 6) is -1.21. The van der Waals surface area contributed by atoms with Crippen molar-refractivity contribution in [2.24, 2.45) is 0 Å². The molecule has 0 aliphatic heterocycles. The van der Waals surface area contributed by atoms with Gasteiger partial charge in [-0.15, -0.1) is 0 Å². The highest BCUT2D eigenvalue weighted by molar-refractivity contribution is 5.98. The van der Waals surface area contributed by atoms with Gasteiger partial charge < -0.3 is 5.73 Å². The summed E-state index contributed by atoms with van der Waals surface area (Å²) in [5.41, 5.74) is 5.19. The highest BCUT2D eigenvalue weighted by Gasteiger charge is 2.15. The molecule has 0 saturated heterocycles. The Hall–Kier alpha value is -1.89. The zero-order valence-electron chi connectivity index (χ0n) is 6.97. The lowest BCUT2D eigenvalue weighted by atomic mass is 10.0. The molecule has 0 spiro atoms. The van der Waals surface area contributed by atoms with Gasteiger partial charge in [0, 0.05) is 0 Å². The molecular formula is C9H7FN2O. The normalized spacial score (nSPS) is 9.31. The second-order valence-corrected chi connectivity index (χ2v) is 2.55. The maximum atomic E-state index is 13.0. The van der Waals surface area contributed by atoms with Crippen molar-refractivity contribution >= 4 is 11.5 Å². The number of anilines is 1. The van der Waals surface area contributed by atoms with Crippen LogP contribution in [0.3, 0.4) is 0 Å². The first kappa shape index (κ1) is 9.20. The number of hydrogen-bond acceptors (Lipinski definition) is 3. The summed E-state index contributed by atoms with van der Waals surface area (Å²) >= 11 is 0. The Morgan fingerprint density at radius 2 is 2.23 bits per heavy atom. The third kappa shape index (κ3) is 1.49. The fraction of sp³-hybridized carbons (Fsp3) is 0.111. The number of ketones is 1. The van der Waals surface area contributed by atoms with Crippen LogP contribution in [0.2, 0.25) is 0 Å². The summed E-state index contributed by atoms with van der Waals surface area (Å²) < 4.78 is 13.0. The first-order valence-electron chi connectivity index (χ1n) is 3.57. The van der Waals surface area contributed by atoms with Crippen LogP contribution in [-0.4, -0.2) is 5.78 Å². The molecular weight excluding hydrogens is 171 g/mol. The van der Waals surface area contributed by atoms with Crippen LogP contribution in [0.25, 0.3) is 0 Å². The quantitative estimate of drug-likeness (QED) is 0.523. The number of carbonyl (C=O) groups excluding carboxylic acids is 1. The fourth-order valence-electron chi connectivity index (χ4n) is 1.06. The molecule has 0 aliphatic carbocycles. The first-order valence-corrected chi connectivity index (χ1v) is 3.57. The van der Waals surface area contributed by atoms with Gasteiger partial charge >= 0.3 is 0 Å². The van der Waals surface area contributed by atoms with Crippen molar-refractivity contribution < 1.29 is 9.18 Å². The molecule has 0 heterocycles. The third-order valence-corrected chi connectivity index (χ3v) is 1.65. The second-order valence-electron chi connectivity index (χ2n) is 2.55. The minimum Gasteiger partial charge on any atom is -0.398 e. The Morgan fingerprint density at radius 1 is 1.62 bits per heavy atom. The lowest BCUT2D eigenvalue weighted by Crippen LogP contribution is -2.04. The highest BCUT2D eigenvalue weighted by Crippen LogP contribution is 2.19. The molecule has 1 rings (SSSR count). The number of hydrogen-bond donors (Lipinski definition) is 1. The number of nitriles is 1. The van der Waals surface area contributed by atoms with Crippen molar-refractivity contribution in [2.45, 2.75) is 6.92 Å². The van der Waals surface area contributed by atoms with Gasteiger partial charge in [-0.2, -0.15) is 5.26 Å². The van der Waals surface area contributed by atoms with Crippen molar-refractivity contribution in [2.75, 3.05) is 5.73 Å². The predicted molar refractivity (Wildman–Crippen MR) is 45.5 cm³/mol. The largest absolute Gasteiger partial charge is 0.398 e. The summed E-state index contributed by atoms with van der Waals surface area (Å²) in [6, 6.07) is 4.04. The zero-order chi connectivity index (χ0) is 10.0. The van der Waals surface area contributed by atoms with E-state index >= 15 is 0 Å². The van der Waals surface area contributed by atoms with Crippen molar-refractivity contribution in [1.82, 2.24) is 0 Å². The van der Waals surface area contributed by atoms with E-state index in [-0.39, 0.29) is 16.8 Å². The molecule has 13 heavy (non-hydrogen) atoms. The van der Waals surface area contributed by atoms with Crippen LogP contribution in [0, 0.1) is 17.1 Å². The van der Waals surface area contributed by atoms with Gasteiger partial charge in [0.05, 0.1) is 16.8 Å². The molecule has 3 nitrogen and oxygen atoms in total. The molecule has 0 aromatic heterocycles. The highest BCUT2D eigenvalue weighted by atomic mass is 19.1. The van der Waals surface area contributed by atoms with E-state index in [0.717, 1.165) is 6.07 Å². The second kappa shape index (κ2) is 3.23. The van der Waals surface area contributed by atoms with Gasteiger partial charge in [0.25, 0.3) is 0 Å². The molecule has 0 unspecified atom stereocenters. The first-order chi connectivity index (χ1) is 6.07. The molecule has 0 fully saturated rings. The van der Waals surface area contributed by atoms with Gasteiger partial charge in [-0.25, -0.2) is 4.39 Å². The summed E-state index contributed by atoms with van der Waals surface area (Å²) in [6.45, 7) is 1.19. The summed E-state index contributed by atoms with van der Waals surface area (Å²) in [6.07, 6.45) is 0. The van der Waals surface area contributed by atoms with E-state index in [1.54, 1.807) is 6.07 Å². The average Bonchev–Trinajstić information content (AvgIpc) is 2.07. The fourth-order valence-corrected chi connectivity index (χ4v) is 1.06. The van der Waals surface area contributed by atoms with Crippen LogP contribution < -0.4 is 5.73 Å². The van der Waals surface area contributed by atoms with Crippen LogP contribution in [0.5, 0.6) is 0 Å². The van der Waals surface area contributed by atoms with Crippen LogP contribution in [0.15, 0.2) is 12.1 Å². The van der Waals surface area contributed by atoms with E-state index in [9.17, 15) is 9.18 Å². The van der Waals surface area contributed by atoms with Crippen LogP contribution >= 0.6 is 0 Å². The minimum absolute atomic E-state index is 0.0903. The molecule has 0 aliphatic rings. The topological polar surface area (TPSA) is 66.9 Å². The zero-order valence-corrected chi connectivity index (χ0v) is 6.97. The molecule has 0 radical (unpaired) electrons. The number of carbonyl (C=O) groups is 1. The molecule has 1 aromatic rings. The lowest BCUT2D eigenvalue weighted by molar-refractivity contribution is 0.101. The number of Topliss-reactive ketones (excluding diaryl/α,β-unsaturated/α-hetero) is 1. The Bertz CT molecular complexity index is 407. The lowest BCUT2D eigenvalue weighted by Gasteiger charge is -2.03. The van der Waals surface area contributed by atoms with Crippen LogP contribution in [0.1, 0.15) is 22.8 Å². The molecule has 0 bridgehead atoms. The molecule has 2 N–H and O–H groups in total. The van der Waals surface area contributed by atoms with Gasteiger partial charge in [-0.3, -0.25) is 4.79 Å². The summed E-state index contributed by atoms with van der Waals surface area (Å²) in [4.78, 5) is 11.0. The SMILES string of the molecule is CC(=O)c1c(F)ccc(N)c1C#N. The van der Waals surface area contributed by atoms with Crippen molar-refractivity contribution in [3.8, 4) is 6.07 Å². The number of nitrogen functional groups attached to an aromatic ring is 1. The van der Waals surface area contributed by atoms with Gasteiger partial charge in [-0.05, 0) is 19.1 Å². The average molecular weight is 178 g/mol. The Labute approximate surface area is 74.6 Å². The van der Waals surface area contributed by atoms with E-state index in [0.29, 0.717) is 0 Å². The Balaban J connectivity index is 3.55. The number of halogens is 1.